The molecule has 0 N–H and O–H groups in total. The van der Waals surface area contributed by atoms with Gasteiger partial charge in [-0.15, -0.1) is 0 Å². The zero-order valence-corrected chi connectivity index (χ0v) is 13.0. The summed E-state index contributed by atoms with van der Waals surface area (Å²) in [4.78, 5) is 0. The molecule has 0 aromatic carbocycles. The van der Waals surface area contributed by atoms with E-state index in [9.17, 15) is 0 Å². The van der Waals surface area contributed by atoms with Gasteiger partial charge in [0.1, 0.15) is 0 Å². The molecule has 0 amide bonds. The van der Waals surface area contributed by atoms with Gasteiger partial charge in [-0.05, 0) is 19.8 Å². The van der Waals surface area contributed by atoms with Gasteiger partial charge in [0, 0.05) is 26.2 Å². The lowest BCUT2D eigenvalue weighted by molar-refractivity contribution is -0.277. The fraction of sp³-hybridized carbons (Fsp3) is 1.00. The summed E-state index contributed by atoms with van der Waals surface area (Å²) in [5.74, 6) is 0.656. The Hall–Kier alpha value is 0.0569. The summed E-state index contributed by atoms with van der Waals surface area (Å²) >= 11 is 0. The number of ether oxygens (including phenoxy) is 1. The van der Waals surface area contributed by atoms with Crippen LogP contribution in [0.15, 0.2) is 0 Å². The van der Waals surface area contributed by atoms with E-state index in [2.05, 4.69) is 6.92 Å². The molecule has 0 aromatic heterocycles. The van der Waals surface area contributed by atoms with Crippen LogP contribution in [0.4, 0.5) is 0 Å². The summed E-state index contributed by atoms with van der Waals surface area (Å²) in [6, 6.07) is 0.796. The Morgan fingerprint density at radius 1 is 1.22 bits per heavy atom. The minimum Gasteiger partial charge on any atom is -0.377 e. The molecule has 2 aliphatic rings. The van der Waals surface area contributed by atoms with Crippen molar-refractivity contribution in [2.24, 2.45) is 5.92 Å². The van der Waals surface area contributed by atoms with Gasteiger partial charge in [-0.3, -0.25) is 0 Å². The molecule has 0 radical (unpaired) electrons. The van der Waals surface area contributed by atoms with Crippen LogP contribution in [-0.2, 0) is 18.0 Å². The van der Waals surface area contributed by atoms with Gasteiger partial charge in [-0.25, -0.2) is 0 Å². The first-order chi connectivity index (χ1) is 8.59. The highest BCUT2D eigenvalue weighted by atomic mass is 28.4. The number of rotatable bonds is 6. The van der Waals surface area contributed by atoms with Gasteiger partial charge in [0.25, 0.3) is 0 Å². The molecule has 2 rings (SSSR count). The Kier molecular flexibility index (Phi) is 4.49. The van der Waals surface area contributed by atoms with Crippen LogP contribution < -0.4 is 0 Å². The number of fused-ring (bicyclic) bond motifs is 1. The topological polar surface area (TPSA) is 36.9 Å². The Balaban J connectivity index is 1.89. The van der Waals surface area contributed by atoms with Gasteiger partial charge < -0.3 is 18.0 Å². The van der Waals surface area contributed by atoms with Gasteiger partial charge in [0.2, 0.25) is 0 Å². The molecule has 3 unspecified atom stereocenters. The molecule has 2 fully saturated rings. The van der Waals surface area contributed by atoms with Crippen molar-refractivity contribution in [2.75, 3.05) is 20.8 Å². The molecular formula is C13H26O4Si. The first kappa shape index (κ1) is 14.5. The molecule has 1 saturated heterocycles. The monoisotopic (exact) mass is 274 g/mol. The summed E-state index contributed by atoms with van der Waals surface area (Å²) in [5.41, 5.74) is -0.129. The van der Waals surface area contributed by atoms with Crippen molar-refractivity contribution in [3.8, 4) is 0 Å². The van der Waals surface area contributed by atoms with Gasteiger partial charge >= 0.3 is 8.80 Å². The maximum absolute atomic E-state index is 6.05. The molecule has 5 heteroatoms. The third kappa shape index (κ3) is 2.51. The van der Waals surface area contributed by atoms with E-state index in [1.165, 1.54) is 25.7 Å². The first-order valence-electron chi connectivity index (χ1n) is 7.01. The highest BCUT2D eigenvalue weighted by molar-refractivity contribution is 6.60. The molecule has 0 aromatic rings. The van der Waals surface area contributed by atoms with Crippen LogP contribution in [-0.4, -0.2) is 41.3 Å². The lowest BCUT2D eigenvalue weighted by Gasteiger charge is -2.55. The lowest BCUT2D eigenvalue weighted by atomic mass is 9.71. The van der Waals surface area contributed by atoms with Crippen molar-refractivity contribution >= 4 is 8.80 Å². The van der Waals surface area contributed by atoms with Gasteiger partial charge in [0.05, 0.1) is 18.3 Å². The predicted octanol–water partition coefficient (Wildman–Crippen LogP) is 2.60. The van der Waals surface area contributed by atoms with Crippen molar-refractivity contribution in [1.29, 1.82) is 0 Å². The Morgan fingerprint density at radius 3 is 2.44 bits per heavy atom. The zero-order valence-electron chi connectivity index (χ0n) is 12.0. The van der Waals surface area contributed by atoms with Gasteiger partial charge in [-0.2, -0.15) is 0 Å². The van der Waals surface area contributed by atoms with E-state index in [1.54, 1.807) is 14.2 Å². The van der Waals surface area contributed by atoms with E-state index in [0.29, 0.717) is 18.6 Å². The van der Waals surface area contributed by atoms with Crippen LogP contribution in [0.5, 0.6) is 0 Å². The predicted molar refractivity (Wildman–Crippen MR) is 71.4 cm³/mol. The molecule has 106 valence electrons. The summed E-state index contributed by atoms with van der Waals surface area (Å²) < 4.78 is 23.0. The summed E-state index contributed by atoms with van der Waals surface area (Å²) in [6.45, 7) is 4.81. The Bertz CT molecular complexity index is 274. The van der Waals surface area contributed by atoms with Crippen LogP contribution in [0.3, 0.4) is 0 Å². The van der Waals surface area contributed by atoms with Crippen molar-refractivity contribution in [2.45, 2.75) is 57.3 Å². The van der Waals surface area contributed by atoms with Crippen LogP contribution in [0, 0.1) is 5.92 Å². The zero-order chi connectivity index (χ0) is 13.2. The van der Waals surface area contributed by atoms with Gasteiger partial charge in [0.15, 0.2) is 0 Å². The summed E-state index contributed by atoms with van der Waals surface area (Å²) in [5, 5.41) is 0. The molecule has 3 atom stereocenters. The van der Waals surface area contributed by atoms with Crippen molar-refractivity contribution in [1.82, 2.24) is 0 Å². The van der Waals surface area contributed by atoms with Crippen LogP contribution in [0.2, 0.25) is 6.04 Å². The molecule has 18 heavy (non-hydrogen) atoms. The average Bonchev–Trinajstić information content (AvgIpc) is 2.40. The fourth-order valence-electron chi connectivity index (χ4n) is 3.28. The molecule has 1 heterocycles. The Labute approximate surface area is 111 Å². The van der Waals surface area contributed by atoms with E-state index in [1.807, 2.05) is 6.92 Å². The maximum Gasteiger partial charge on any atom is 0.500 e. The van der Waals surface area contributed by atoms with Crippen molar-refractivity contribution in [3.63, 3.8) is 0 Å². The summed E-state index contributed by atoms with van der Waals surface area (Å²) in [6.07, 6.45) is 5.58. The highest BCUT2D eigenvalue weighted by Crippen LogP contribution is 2.47. The SMILES string of the molecule is CC[Si](OC)(OC)OCC1(C)OC2CCCCC21. The number of hydrogen-bond acceptors (Lipinski definition) is 4. The molecule has 0 bridgehead atoms. The van der Waals surface area contributed by atoms with Crippen LogP contribution >= 0.6 is 0 Å². The second kappa shape index (κ2) is 5.59. The summed E-state index contributed by atoms with van der Waals surface area (Å²) in [7, 11) is 0.900. The molecule has 1 saturated carbocycles. The second-order valence-electron chi connectivity index (χ2n) is 5.59. The van der Waals surface area contributed by atoms with Crippen LogP contribution in [0.25, 0.3) is 0 Å². The lowest BCUT2D eigenvalue weighted by Crippen LogP contribution is -2.63. The fourth-order valence-corrected chi connectivity index (χ4v) is 4.97. The Morgan fingerprint density at radius 2 is 1.89 bits per heavy atom. The minimum atomic E-state index is -2.45. The minimum absolute atomic E-state index is 0.129. The van der Waals surface area contributed by atoms with E-state index < -0.39 is 8.80 Å². The first-order valence-corrected chi connectivity index (χ1v) is 8.94. The van der Waals surface area contributed by atoms with E-state index in [-0.39, 0.29) is 5.60 Å². The van der Waals surface area contributed by atoms with E-state index >= 15 is 0 Å². The quantitative estimate of drug-likeness (QED) is 0.698. The van der Waals surface area contributed by atoms with Crippen LogP contribution in [0.1, 0.15) is 39.5 Å². The van der Waals surface area contributed by atoms with Gasteiger partial charge in [-0.1, -0.05) is 19.8 Å². The van der Waals surface area contributed by atoms with E-state index in [4.69, 9.17) is 18.0 Å². The molecule has 1 aliphatic carbocycles. The standard InChI is InChI=1S/C13H26O4Si/c1-5-18(14-3,15-4)16-10-13(2)11-8-6-7-9-12(11)17-13/h11-12H,5-10H2,1-4H3. The van der Waals surface area contributed by atoms with E-state index in [0.717, 1.165) is 6.04 Å². The molecule has 1 aliphatic heterocycles. The largest absolute Gasteiger partial charge is 0.500 e. The molecule has 4 nitrogen and oxygen atoms in total. The van der Waals surface area contributed by atoms with Crippen molar-refractivity contribution < 1.29 is 18.0 Å². The highest BCUT2D eigenvalue weighted by Gasteiger charge is 2.54. The number of hydrogen-bond donors (Lipinski definition) is 0. The maximum atomic E-state index is 6.05. The third-order valence-corrected chi connectivity index (χ3v) is 7.24. The molecular weight excluding hydrogens is 248 g/mol. The normalized spacial score (nSPS) is 36.0. The average molecular weight is 274 g/mol. The second-order valence-corrected chi connectivity index (χ2v) is 8.77. The third-order valence-electron chi connectivity index (χ3n) is 4.54. The molecule has 0 spiro atoms. The van der Waals surface area contributed by atoms with Crippen molar-refractivity contribution in [3.05, 3.63) is 0 Å². The smallest absolute Gasteiger partial charge is 0.377 e.